The number of nitrogens with one attached hydrogen (secondary N) is 2. The largest absolute Gasteiger partial charge is 0.381 e. The zero-order chi connectivity index (χ0) is 11.8. The highest BCUT2D eigenvalue weighted by molar-refractivity contribution is 5.93. The fourth-order valence-electron chi connectivity index (χ4n) is 1.43. The van der Waals surface area contributed by atoms with E-state index in [-0.39, 0.29) is 5.91 Å². The minimum Gasteiger partial charge on any atom is -0.381 e. The summed E-state index contributed by atoms with van der Waals surface area (Å²) in [6, 6.07) is 0. The van der Waals surface area contributed by atoms with Gasteiger partial charge in [-0.15, -0.1) is 0 Å². The number of ether oxygens (including phenoxy) is 1. The normalized spacial score (nSPS) is 14.5. The molecule has 0 unspecified atom stereocenters. The zero-order valence-corrected chi connectivity index (χ0v) is 10.3. The molecule has 1 heterocycles. The van der Waals surface area contributed by atoms with Crippen LogP contribution >= 0.6 is 0 Å². The predicted octanol–water partition coefficient (Wildman–Crippen LogP) is 0.839. The van der Waals surface area contributed by atoms with E-state index in [2.05, 4.69) is 17.6 Å². The van der Waals surface area contributed by atoms with Crippen molar-refractivity contribution < 1.29 is 9.53 Å². The van der Waals surface area contributed by atoms with Crippen LogP contribution in [0.3, 0.4) is 0 Å². The van der Waals surface area contributed by atoms with Crippen LogP contribution in [0.2, 0.25) is 0 Å². The van der Waals surface area contributed by atoms with Gasteiger partial charge in [0.15, 0.2) is 0 Å². The number of hydrogen-bond donors (Lipinski definition) is 2. The van der Waals surface area contributed by atoms with Gasteiger partial charge in [-0.05, 0) is 25.3 Å². The van der Waals surface area contributed by atoms with Crippen LogP contribution in [0.25, 0.3) is 0 Å². The SMILES string of the molecule is CCCOCCCNC(=O)C(C)=C1CNC1. The molecule has 1 aliphatic heterocycles. The quantitative estimate of drug-likeness (QED) is 0.499. The Labute approximate surface area is 97.4 Å². The number of amides is 1. The van der Waals surface area contributed by atoms with Gasteiger partial charge in [-0.3, -0.25) is 4.79 Å². The first-order chi connectivity index (χ1) is 7.75. The molecule has 0 saturated carbocycles. The number of carbonyl (C=O) groups excluding carboxylic acids is 1. The molecule has 0 aromatic carbocycles. The lowest BCUT2D eigenvalue weighted by Gasteiger charge is -2.21. The van der Waals surface area contributed by atoms with Crippen LogP contribution in [0.1, 0.15) is 26.7 Å². The molecule has 0 aromatic heterocycles. The lowest BCUT2D eigenvalue weighted by Crippen LogP contribution is -2.37. The van der Waals surface area contributed by atoms with Crippen LogP contribution in [0.5, 0.6) is 0 Å². The second-order valence-corrected chi connectivity index (χ2v) is 4.05. The maximum Gasteiger partial charge on any atom is 0.246 e. The molecular weight excluding hydrogens is 204 g/mol. The highest BCUT2D eigenvalue weighted by atomic mass is 16.5. The van der Waals surface area contributed by atoms with E-state index < -0.39 is 0 Å². The van der Waals surface area contributed by atoms with Crippen molar-refractivity contribution in [3.8, 4) is 0 Å². The Balaban J connectivity index is 2.06. The number of hydrogen-bond acceptors (Lipinski definition) is 3. The maximum atomic E-state index is 11.6. The molecule has 0 spiro atoms. The van der Waals surface area contributed by atoms with Crippen molar-refractivity contribution in [1.29, 1.82) is 0 Å². The fourth-order valence-corrected chi connectivity index (χ4v) is 1.43. The van der Waals surface area contributed by atoms with Gasteiger partial charge in [-0.25, -0.2) is 0 Å². The average Bonchev–Trinajstić information content (AvgIpc) is 2.20. The summed E-state index contributed by atoms with van der Waals surface area (Å²) in [6.45, 7) is 7.93. The number of rotatable bonds is 7. The van der Waals surface area contributed by atoms with Gasteiger partial charge in [0, 0.05) is 38.4 Å². The summed E-state index contributed by atoms with van der Waals surface area (Å²) < 4.78 is 5.33. The van der Waals surface area contributed by atoms with E-state index in [0.29, 0.717) is 6.54 Å². The van der Waals surface area contributed by atoms with Gasteiger partial charge in [0.2, 0.25) is 5.91 Å². The molecule has 0 bridgehead atoms. The molecule has 2 N–H and O–H groups in total. The second-order valence-electron chi connectivity index (χ2n) is 4.05. The van der Waals surface area contributed by atoms with Crippen molar-refractivity contribution in [1.82, 2.24) is 10.6 Å². The Morgan fingerprint density at radius 1 is 1.44 bits per heavy atom. The molecule has 92 valence electrons. The minimum atomic E-state index is 0.0620. The first-order valence-corrected chi connectivity index (χ1v) is 6.01. The topological polar surface area (TPSA) is 50.4 Å². The molecule has 0 atom stereocenters. The van der Waals surface area contributed by atoms with E-state index in [0.717, 1.165) is 44.7 Å². The third kappa shape index (κ3) is 4.33. The minimum absolute atomic E-state index is 0.0620. The predicted molar refractivity (Wildman–Crippen MR) is 64.3 cm³/mol. The van der Waals surface area contributed by atoms with Crippen LogP contribution in [0, 0.1) is 0 Å². The lowest BCUT2D eigenvalue weighted by atomic mass is 10.0. The first kappa shape index (κ1) is 13.2. The standard InChI is InChI=1S/C12H22N2O2/c1-3-6-16-7-4-5-14-12(15)10(2)11-8-13-9-11/h13H,3-9H2,1-2H3,(H,14,15). The molecule has 4 nitrogen and oxygen atoms in total. The average molecular weight is 226 g/mol. The summed E-state index contributed by atoms with van der Waals surface area (Å²) in [5.74, 6) is 0.0620. The first-order valence-electron chi connectivity index (χ1n) is 6.01. The number of carbonyl (C=O) groups is 1. The van der Waals surface area contributed by atoms with Crippen molar-refractivity contribution in [3.63, 3.8) is 0 Å². The third-order valence-corrected chi connectivity index (χ3v) is 2.65. The highest BCUT2D eigenvalue weighted by Gasteiger charge is 2.15. The third-order valence-electron chi connectivity index (χ3n) is 2.65. The van der Waals surface area contributed by atoms with Gasteiger partial charge in [-0.2, -0.15) is 0 Å². The molecule has 4 heteroatoms. The smallest absolute Gasteiger partial charge is 0.246 e. The Kier molecular flexibility index (Phi) is 6.11. The molecule has 0 aromatic rings. The van der Waals surface area contributed by atoms with E-state index in [1.807, 2.05) is 6.92 Å². The van der Waals surface area contributed by atoms with Crippen LogP contribution in [0.15, 0.2) is 11.1 Å². The lowest BCUT2D eigenvalue weighted by molar-refractivity contribution is -0.117. The highest BCUT2D eigenvalue weighted by Crippen LogP contribution is 2.08. The Hall–Kier alpha value is -0.870. The summed E-state index contributed by atoms with van der Waals surface area (Å²) in [7, 11) is 0. The van der Waals surface area contributed by atoms with Crippen molar-refractivity contribution in [3.05, 3.63) is 11.1 Å². The Morgan fingerprint density at radius 3 is 2.75 bits per heavy atom. The monoisotopic (exact) mass is 226 g/mol. The summed E-state index contributed by atoms with van der Waals surface area (Å²) >= 11 is 0. The van der Waals surface area contributed by atoms with Crippen molar-refractivity contribution in [2.75, 3.05) is 32.8 Å². The van der Waals surface area contributed by atoms with Gasteiger partial charge in [-0.1, -0.05) is 6.92 Å². The van der Waals surface area contributed by atoms with E-state index in [1.54, 1.807) is 0 Å². The van der Waals surface area contributed by atoms with Gasteiger partial charge >= 0.3 is 0 Å². The fraction of sp³-hybridized carbons (Fsp3) is 0.750. The van der Waals surface area contributed by atoms with Crippen LogP contribution in [0.4, 0.5) is 0 Å². The van der Waals surface area contributed by atoms with E-state index in [1.165, 1.54) is 5.57 Å². The molecule has 1 amide bonds. The summed E-state index contributed by atoms with van der Waals surface area (Å²) in [5, 5.41) is 6.03. The van der Waals surface area contributed by atoms with E-state index in [9.17, 15) is 4.79 Å². The van der Waals surface area contributed by atoms with E-state index >= 15 is 0 Å². The van der Waals surface area contributed by atoms with Crippen molar-refractivity contribution in [2.45, 2.75) is 26.7 Å². The second kappa shape index (κ2) is 7.41. The summed E-state index contributed by atoms with van der Waals surface area (Å²) in [5.41, 5.74) is 2.09. The van der Waals surface area contributed by atoms with Gasteiger partial charge in [0.25, 0.3) is 0 Å². The Morgan fingerprint density at radius 2 is 2.19 bits per heavy atom. The van der Waals surface area contributed by atoms with Crippen LogP contribution < -0.4 is 10.6 Å². The van der Waals surface area contributed by atoms with Gasteiger partial charge < -0.3 is 15.4 Å². The molecular formula is C12H22N2O2. The summed E-state index contributed by atoms with van der Waals surface area (Å²) in [4.78, 5) is 11.6. The summed E-state index contributed by atoms with van der Waals surface area (Å²) in [6.07, 6.45) is 1.93. The molecule has 0 radical (unpaired) electrons. The van der Waals surface area contributed by atoms with Crippen molar-refractivity contribution >= 4 is 5.91 Å². The molecule has 0 aliphatic carbocycles. The molecule has 1 aliphatic rings. The Bertz CT molecular complexity index is 256. The molecule has 16 heavy (non-hydrogen) atoms. The van der Waals surface area contributed by atoms with Gasteiger partial charge in [0.1, 0.15) is 0 Å². The maximum absolute atomic E-state index is 11.6. The van der Waals surface area contributed by atoms with Gasteiger partial charge in [0.05, 0.1) is 0 Å². The zero-order valence-electron chi connectivity index (χ0n) is 10.3. The van der Waals surface area contributed by atoms with E-state index in [4.69, 9.17) is 4.74 Å². The van der Waals surface area contributed by atoms with Crippen molar-refractivity contribution in [2.24, 2.45) is 0 Å². The molecule has 1 fully saturated rings. The van der Waals surface area contributed by atoms with Crippen LogP contribution in [-0.2, 0) is 9.53 Å². The van der Waals surface area contributed by atoms with Crippen LogP contribution in [-0.4, -0.2) is 38.8 Å². The molecule has 1 rings (SSSR count). The molecule has 1 saturated heterocycles.